The summed E-state index contributed by atoms with van der Waals surface area (Å²) in [6, 6.07) is 0. The van der Waals surface area contributed by atoms with Gasteiger partial charge in [-0.15, -0.1) is 0 Å². The first-order valence-electron chi connectivity index (χ1n) is 5.73. The number of carbonyl (C=O) groups is 1. The molecule has 0 aromatic carbocycles. The average molecular weight is 212 g/mol. The number of hydrogen-bond acceptors (Lipinski definition) is 3. The van der Waals surface area contributed by atoms with Crippen molar-refractivity contribution in [3.63, 3.8) is 0 Å². The van der Waals surface area contributed by atoms with Crippen LogP contribution >= 0.6 is 0 Å². The number of hydrogen-bond donors (Lipinski definition) is 1. The topological polar surface area (TPSA) is 46.5 Å². The molecule has 2 atom stereocenters. The molecule has 1 aliphatic rings. The van der Waals surface area contributed by atoms with Gasteiger partial charge in [0.15, 0.2) is 0 Å². The van der Waals surface area contributed by atoms with Gasteiger partial charge >= 0.3 is 5.97 Å². The summed E-state index contributed by atoms with van der Waals surface area (Å²) in [6.45, 7) is 1.81. The van der Waals surface area contributed by atoms with Gasteiger partial charge < -0.3 is 9.84 Å². The molecule has 0 bridgehead atoms. The predicted octanol–water partition coefficient (Wildman–Crippen LogP) is 2.19. The molecule has 1 heterocycles. The Kier molecular flexibility index (Phi) is 5.40. The Balaban J connectivity index is 2.00. The van der Waals surface area contributed by atoms with Gasteiger partial charge in [-0.25, -0.2) is 4.79 Å². The SMILES string of the molecule is C[C@@H](O)CCCCC[C@@H]1CC=CC(=O)O1. The summed E-state index contributed by atoms with van der Waals surface area (Å²) >= 11 is 0. The van der Waals surface area contributed by atoms with E-state index in [2.05, 4.69) is 0 Å². The Bertz CT molecular complexity index is 221. The molecule has 0 spiro atoms. The number of carbonyl (C=O) groups excluding carboxylic acids is 1. The molecule has 1 rings (SSSR count). The molecule has 15 heavy (non-hydrogen) atoms. The van der Waals surface area contributed by atoms with Crippen LogP contribution < -0.4 is 0 Å². The zero-order valence-electron chi connectivity index (χ0n) is 9.32. The van der Waals surface area contributed by atoms with Crippen molar-refractivity contribution in [1.29, 1.82) is 0 Å². The molecule has 0 saturated heterocycles. The van der Waals surface area contributed by atoms with Gasteiger partial charge in [-0.1, -0.05) is 18.9 Å². The monoisotopic (exact) mass is 212 g/mol. The summed E-state index contributed by atoms with van der Waals surface area (Å²) in [5.74, 6) is -0.213. The number of cyclic esters (lactones) is 1. The molecule has 1 N–H and O–H groups in total. The van der Waals surface area contributed by atoms with Crippen LogP contribution in [0.4, 0.5) is 0 Å². The Morgan fingerprint density at radius 2 is 2.33 bits per heavy atom. The minimum absolute atomic E-state index is 0.0778. The number of esters is 1. The van der Waals surface area contributed by atoms with Crippen LogP contribution in [0.25, 0.3) is 0 Å². The highest BCUT2D eigenvalue weighted by Crippen LogP contribution is 2.15. The zero-order chi connectivity index (χ0) is 11.1. The van der Waals surface area contributed by atoms with E-state index in [1.54, 1.807) is 0 Å². The van der Waals surface area contributed by atoms with E-state index >= 15 is 0 Å². The van der Waals surface area contributed by atoms with E-state index in [1.165, 1.54) is 6.08 Å². The summed E-state index contributed by atoms with van der Waals surface area (Å²) in [6.07, 6.45) is 9.13. The third-order valence-electron chi connectivity index (χ3n) is 2.58. The van der Waals surface area contributed by atoms with Gasteiger partial charge in [-0.05, 0) is 26.2 Å². The largest absolute Gasteiger partial charge is 0.459 e. The Hall–Kier alpha value is -0.830. The fourth-order valence-electron chi connectivity index (χ4n) is 1.73. The molecule has 0 aromatic rings. The molecule has 3 heteroatoms. The molecule has 3 nitrogen and oxygen atoms in total. The van der Waals surface area contributed by atoms with Crippen LogP contribution in [0.15, 0.2) is 12.2 Å². The van der Waals surface area contributed by atoms with Crippen molar-refractivity contribution >= 4 is 5.97 Å². The van der Waals surface area contributed by atoms with E-state index in [4.69, 9.17) is 9.84 Å². The summed E-state index contributed by atoms with van der Waals surface area (Å²) in [7, 11) is 0. The molecular formula is C12H20O3. The van der Waals surface area contributed by atoms with E-state index in [9.17, 15) is 4.79 Å². The standard InChI is InChI=1S/C12H20O3/c1-10(13)6-3-2-4-7-11-8-5-9-12(14)15-11/h5,9-11,13H,2-4,6-8H2,1H3/t10-,11-/m1/s1. The molecular weight excluding hydrogens is 192 g/mol. The third kappa shape index (κ3) is 5.57. The Morgan fingerprint density at radius 3 is 3.00 bits per heavy atom. The summed E-state index contributed by atoms with van der Waals surface area (Å²) in [5.41, 5.74) is 0. The highest BCUT2D eigenvalue weighted by atomic mass is 16.5. The van der Waals surface area contributed by atoms with Crippen molar-refractivity contribution in [3.05, 3.63) is 12.2 Å². The lowest BCUT2D eigenvalue weighted by atomic mass is 10.0. The smallest absolute Gasteiger partial charge is 0.330 e. The maximum absolute atomic E-state index is 10.9. The van der Waals surface area contributed by atoms with Gasteiger partial charge in [0.05, 0.1) is 6.10 Å². The lowest BCUT2D eigenvalue weighted by Gasteiger charge is -2.18. The van der Waals surface area contributed by atoms with Crippen molar-refractivity contribution in [2.75, 3.05) is 0 Å². The minimum atomic E-state index is -0.213. The van der Waals surface area contributed by atoms with E-state index in [0.29, 0.717) is 0 Å². The predicted molar refractivity (Wildman–Crippen MR) is 58.4 cm³/mol. The van der Waals surface area contributed by atoms with Crippen molar-refractivity contribution in [2.45, 2.75) is 57.7 Å². The fourth-order valence-corrected chi connectivity index (χ4v) is 1.73. The van der Waals surface area contributed by atoms with Crippen molar-refractivity contribution in [3.8, 4) is 0 Å². The molecule has 0 amide bonds. The van der Waals surface area contributed by atoms with E-state index in [-0.39, 0.29) is 18.2 Å². The Morgan fingerprint density at radius 1 is 1.53 bits per heavy atom. The quantitative estimate of drug-likeness (QED) is 0.542. The summed E-state index contributed by atoms with van der Waals surface area (Å²) in [5, 5.41) is 9.06. The van der Waals surface area contributed by atoms with Crippen LogP contribution in [0.5, 0.6) is 0 Å². The third-order valence-corrected chi connectivity index (χ3v) is 2.58. The lowest BCUT2D eigenvalue weighted by molar-refractivity contribution is -0.144. The maximum Gasteiger partial charge on any atom is 0.330 e. The van der Waals surface area contributed by atoms with E-state index in [1.807, 2.05) is 13.0 Å². The van der Waals surface area contributed by atoms with E-state index in [0.717, 1.165) is 38.5 Å². The van der Waals surface area contributed by atoms with Crippen LogP contribution in [0.3, 0.4) is 0 Å². The van der Waals surface area contributed by atoms with Gasteiger partial charge in [-0.3, -0.25) is 0 Å². The first-order chi connectivity index (χ1) is 7.18. The molecule has 0 saturated carbocycles. The highest BCUT2D eigenvalue weighted by Gasteiger charge is 2.14. The molecule has 0 aromatic heterocycles. The molecule has 0 radical (unpaired) electrons. The van der Waals surface area contributed by atoms with Gasteiger partial charge in [0, 0.05) is 12.5 Å². The number of aliphatic hydroxyl groups excluding tert-OH is 1. The fraction of sp³-hybridized carbons (Fsp3) is 0.750. The summed E-state index contributed by atoms with van der Waals surface area (Å²) < 4.78 is 5.14. The minimum Gasteiger partial charge on any atom is -0.459 e. The van der Waals surface area contributed by atoms with Crippen LogP contribution in [-0.4, -0.2) is 23.3 Å². The second-order valence-corrected chi connectivity index (χ2v) is 4.18. The number of unbranched alkanes of at least 4 members (excludes halogenated alkanes) is 2. The zero-order valence-corrected chi connectivity index (χ0v) is 9.32. The van der Waals surface area contributed by atoms with Gasteiger partial charge in [0.1, 0.15) is 6.10 Å². The second kappa shape index (κ2) is 6.62. The van der Waals surface area contributed by atoms with E-state index < -0.39 is 0 Å². The average Bonchev–Trinajstić information content (AvgIpc) is 2.17. The molecule has 0 aliphatic carbocycles. The lowest BCUT2D eigenvalue weighted by Crippen LogP contribution is -2.19. The summed E-state index contributed by atoms with van der Waals surface area (Å²) in [4.78, 5) is 10.9. The molecule has 0 fully saturated rings. The van der Waals surface area contributed by atoms with Crippen LogP contribution in [-0.2, 0) is 9.53 Å². The Labute approximate surface area is 91.1 Å². The normalized spacial score (nSPS) is 22.5. The highest BCUT2D eigenvalue weighted by molar-refractivity contribution is 5.82. The molecule has 0 unspecified atom stereocenters. The van der Waals surface area contributed by atoms with Gasteiger partial charge in [0.25, 0.3) is 0 Å². The second-order valence-electron chi connectivity index (χ2n) is 4.18. The van der Waals surface area contributed by atoms with Crippen molar-refractivity contribution in [1.82, 2.24) is 0 Å². The first-order valence-corrected chi connectivity index (χ1v) is 5.73. The van der Waals surface area contributed by atoms with Crippen LogP contribution in [0.2, 0.25) is 0 Å². The van der Waals surface area contributed by atoms with Crippen LogP contribution in [0.1, 0.15) is 45.4 Å². The first kappa shape index (κ1) is 12.2. The van der Waals surface area contributed by atoms with Gasteiger partial charge in [-0.2, -0.15) is 0 Å². The van der Waals surface area contributed by atoms with Gasteiger partial charge in [0.2, 0.25) is 0 Å². The number of rotatable bonds is 6. The molecule has 86 valence electrons. The number of ether oxygens (including phenoxy) is 1. The maximum atomic E-state index is 10.9. The van der Waals surface area contributed by atoms with Crippen molar-refractivity contribution < 1.29 is 14.6 Å². The molecule has 1 aliphatic heterocycles. The number of aliphatic hydroxyl groups is 1. The van der Waals surface area contributed by atoms with Crippen molar-refractivity contribution in [2.24, 2.45) is 0 Å². The van der Waals surface area contributed by atoms with Crippen LogP contribution in [0, 0.1) is 0 Å².